The molecular weight excluding hydrogens is 172 g/mol. The highest BCUT2D eigenvalue weighted by Crippen LogP contribution is 2.17. The number of alkyl halides is 1. The molecule has 1 nitrogen and oxygen atoms in total. The molecule has 0 amide bonds. The zero-order valence-electron chi connectivity index (χ0n) is 7.16. The molecule has 0 aliphatic heterocycles. The van der Waals surface area contributed by atoms with Crippen LogP contribution in [0, 0.1) is 5.92 Å². The second-order valence-electron chi connectivity index (χ2n) is 3.11. The molecular formula is C10H13ClO. The van der Waals surface area contributed by atoms with Crippen LogP contribution in [0.2, 0.25) is 0 Å². The molecule has 0 bridgehead atoms. The average Bonchev–Trinajstić information content (AvgIpc) is 2.03. The lowest BCUT2D eigenvalue weighted by Gasteiger charge is -2.11. The molecule has 0 aromatic heterocycles. The van der Waals surface area contributed by atoms with Crippen LogP contribution in [0.25, 0.3) is 0 Å². The summed E-state index contributed by atoms with van der Waals surface area (Å²) in [5.41, 5.74) is 0. The summed E-state index contributed by atoms with van der Waals surface area (Å²) in [5.74, 6) is 0.269. The SMILES string of the molecule is CC(Cl)CCC1C=CC=CC1=O. The third-order valence-corrected chi connectivity index (χ3v) is 2.17. The van der Waals surface area contributed by atoms with E-state index in [0.717, 1.165) is 12.8 Å². The van der Waals surface area contributed by atoms with E-state index in [1.807, 2.05) is 19.1 Å². The van der Waals surface area contributed by atoms with Crippen LogP contribution in [-0.2, 0) is 4.79 Å². The van der Waals surface area contributed by atoms with E-state index >= 15 is 0 Å². The van der Waals surface area contributed by atoms with Crippen molar-refractivity contribution in [3.05, 3.63) is 24.3 Å². The second-order valence-corrected chi connectivity index (χ2v) is 3.86. The van der Waals surface area contributed by atoms with Gasteiger partial charge in [-0.05, 0) is 25.8 Å². The van der Waals surface area contributed by atoms with Crippen LogP contribution in [0.5, 0.6) is 0 Å². The van der Waals surface area contributed by atoms with Crippen LogP contribution < -0.4 is 0 Å². The number of hydrogen-bond donors (Lipinski definition) is 0. The average molecular weight is 185 g/mol. The Kier molecular flexibility index (Phi) is 3.54. The summed E-state index contributed by atoms with van der Waals surface area (Å²) in [6.45, 7) is 1.95. The van der Waals surface area contributed by atoms with Crippen molar-refractivity contribution in [3.8, 4) is 0 Å². The first-order valence-electron chi connectivity index (χ1n) is 4.23. The highest BCUT2D eigenvalue weighted by molar-refractivity contribution is 6.20. The number of carbonyl (C=O) groups excluding carboxylic acids is 1. The molecule has 0 saturated carbocycles. The van der Waals surface area contributed by atoms with Crippen LogP contribution in [0.3, 0.4) is 0 Å². The summed E-state index contributed by atoms with van der Waals surface area (Å²) in [6.07, 6.45) is 9.04. The number of hydrogen-bond acceptors (Lipinski definition) is 1. The third-order valence-electron chi connectivity index (χ3n) is 1.96. The van der Waals surface area contributed by atoms with Crippen LogP contribution in [0.1, 0.15) is 19.8 Å². The standard InChI is InChI=1S/C10H13ClO/c1-8(11)6-7-9-4-2-3-5-10(9)12/h2-5,8-9H,6-7H2,1H3. The van der Waals surface area contributed by atoms with E-state index in [2.05, 4.69) is 0 Å². The van der Waals surface area contributed by atoms with Gasteiger partial charge < -0.3 is 0 Å². The number of allylic oxidation sites excluding steroid dienone is 4. The lowest BCUT2D eigenvalue weighted by molar-refractivity contribution is -0.117. The maximum absolute atomic E-state index is 11.2. The highest BCUT2D eigenvalue weighted by atomic mass is 35.5. The Morgan fingerprint density at radius 3 is 2.92 bits per heavy atom. The van der Waals surface area contributed by atoms with E-state index in [1.165, 1.54) is 0 Å². The normalized spacial score (nSPS) is 24.5. The summed E-state index contributed by atoms with van der Waals surface area (Å²) < 4.78 is 0. The number of rotatable bonds is 3. The minimum atomic E-state index is 0.0659. The fourth-order valence-corrected chi connectivity index (χ4v) is 1.34. The molecule has 2 atom stereocenters. The predicted molar refractivity (Wildman–Crippen MR) is 51.3 cm³/mol. The zero-order chi connectivity index (χ0) is 8.97. The van der Waals surface area contributed by atoms with Gasteiger partial charge in [-0.2, -0.15) is 0 Å². The monoisotopic (exact) mass is 184 g/mol. The van der Waals surface area contributed by atoms with Crippen molar-refractivity contribution in [3.63, 3.8) is 0 Å². The first-order chi connectivity index (χ1) is 5.70. The molecule has 0 heterocycles. The molecule has 1 aliphatic carbocycles. The zero-order valence-corrected chi connectivity index (χ0v) is 7.92. The number of halogens is 1. The van der Waals surface area contributed by atoms with E-state index < -0.39 is 0 Å². The minimum absolute atomic E-state index is 0.0659. The van der Waals surface area contributed by atoms with Gasteiger partial charge in [0.1, 0.15) is 0 Å². The van der Waals surface area contributed by atoms with Crippen molar-refractivity contribution < 1.29 is 4.79 Å². The Balaban J connectivity index is 2.37. The maximum Gasteiger partial charge on any atom is 0.162 e. The van der Waals surface area contributed by atoms with Crippen LogP contribution in [0.15, 0.2) is 24.3 Å². The molecule has 0 spiro atoms. The fraction of sp³-hybridized carbons (Fsp3) is 0.500. The van der Waals surface area contributed by atoms with E-state index in [1.54, 1.807) is 12.2 Å². The van der Waals surface area contributed by atoms with Crippen molar-refractivity contribution >= 4 is 17.4 Å². The van der Waals surface area contributed by atoms with Gasteiger partial charge in [0.05, 0.1) is 0 Å². The Morgan fingerprint density at radius 2 is 2.33 bits per heavy atom. The van der Waals surface area contributed by atoms with Gasteiger partial charge in [0, 0.05) is 11.3 Å². The van der Waals surface area contributed by atoms with Gasteiger partial charge in [0.2, 0.25) is 0 Å². The minimum Gasteiger partial charge on any atom is -0.294 e. The third kappa shape index (κ3) is 2.82. The molecule has 0 aromatic rings. The van der Waals surface area contributed by atoms with Crippen molar-refractivity contribution in [1.29, 1.82) is 0 Å². The van der Waals surface area contributed by atoms with Crippen LogP contribution >= 0.6 is 11.6 Å². The lowest BCUT2D eigenvalue weighted by atomic mass is 9.94. The Hall–Kier alpha value is -0.560. The number of ketones is 1. The summed E-state index contributed by atoms with van der Waals surface area (Å²) in [4.78, 5) is 11.2. The molecule has 12 heavy (non-hydrogen) atoms. The molecule has 0 radical (unpaired) electrons. The smallest absolute Gasteiger partial charge is 0.162 e. The Morgan fingerprint density at radius 1 is 1.58 bits per heavy atom. The van der Waals surface area contributed by atoms with Crippen molar-refractivity contribution in [2.75, 3.05) is 0 Å². The van der Waals surface area contributed by atoms with Crippen LogP contribution in [0.4, 0.5) is 0 Å². The molecule has 1 aliphatic rings. The first-order valence-corrected chi connectivity index (χ1v) is 4.66. The van der Waals surface area contributed by atoms with Gasteiger partial charge in [-0.15, -0.1) is 11.6 Å². The largest absolute Gasteiger partial charge is 0.294 e. The van der Waals surface area contributed by atoms with Gasteiger partial charge in [-0.1, -0.05) is 18.2 Å². The van der Waals surface area contributed by atoms with Crippen LogP contribution in [-0.4, -0.2) is 11.2 Å². The van der Waals surface area contributed by atoms with E-state index in [4.69, 9.17) is 11.6 Å². The summed E-state index contributed by atoms with van der Waals surface area (Å²) in [6, 6.07) is 0. The van der Waals surface area contributed by atoms with Gasteiger partial charge in [0.25, 0.3) is 0 Å². The van der Waals surface area contributed by atoms with Crippen molar-refractivity contribution in [2.45, 2.75) is 25.1 Å². The maximum atomic E-state index is 11.2. The van der Waals surface area contributed by atoms with Crippen molar-refractivity contribution in [1.82, 2.24) is 0 Å². The summed E-state index contributed by atoms with van der Waals surface area (Å²) in [7, 11) is 0. The van der Waals surface area contributed by atoms with E-state index in [-0.39, 0.29) is 17.1 Å². The molecule has 66 valence electrons. The lowest BCUT2D eigenvalue weighted by Crippen LogP contribution is -2.12. The van der Waals surface area contributed by atoms with Crippen molar-refractivity contribution in [2.24, 2.45) is 5.92 Å². The molecule has 1 rings (SSSR count). The molecule has 0 aromatic carbocycles. The van der Waals surface area contributed by atoms with Gasteiger partial charge in [-0.3, -0.25) is 4.79 Å². The van der Waals surface area contributed by atoms with Gasteiger partial charge in [-0.25, -0.2) is 0 Å². The predicted octanol–water partition coefficient (Wildman–Crippen LogP) is 2.71. The fourth-order valence-electron chi connectivity index (χ4n) is 1.21. The Bertz CT molecular complexity index is 216. The summed E-state index contributed by atoms with van der Waals surface area (Å²) in [5, 5.41) is 0.164. The quantitative estimate of drug-likeness (QED) is 0.617. The molecule has 2 heteroatoms. The second kappa shape index (κ2) is 4.46. The van der Waals surface area contributed by atoms with Gasteiger partial charge in [0.15, 0.2) is 5.78 Å². The molecule has 0 N–H and O–H groups in total. The molecule has 0 saturated heterocycles. The van der Waals surface area contributed by atoms with E-state index in [0.29, 0.717) is 0 Å². The van der Waals surface area contributed by atoms with Gasteiger partial charge >= 0.3 is 0 Å². The Labute approximate surface area is 78.1 Å². The first kappa shape index (κ1) is 9.53. The topological polar surface area (TPSA) is 17.1 Å². The number of carbonyl (C=O) groups is 1. The molecule has 0 fully saturated rings. The summed E-state index contributed by atoms with van der Waals surface area (Å²) >= 11 is 5.79. The molecule has 2 unspecified atom stereocenters. The van der Waals surface area contributed by atoms with E-state index in [9.17, 15) is 4.79 Å². The highest BCUT2D eigenvalue weighted by Gasteiger charge is 2.14.